The highest BCUT2D eigenvalue weighted by molar-refractivity contribution is 7.99. The molecule has 5 rings (SSSR count). The van der Waals surface area contributed by atoms with Gasteiger partial charge < -0.3 is 15.5 Å². The molecule has 0 unspecified atom stereocenters. The molecule has 8 heteroatoms. The summed E-state index contributed by atoms with van der Waals surface area (Å²) in [5, 5.41) is 6.36. The lowest BCUT2D eigenvalue weighted by molar-refractivity contribution is 0.0772. The number of nitrogens with one attached hydrogen (secondary N) is 2. The van der Waals surface area contributed by atoms with E-state index in [1.165, 1.54) is 0 Å². The van der Waals surface area contributed by atoms with Gasteiger partial charge >= 0.3 is 0 Å². The minimum Gasteiger partial charge on any atom is -0.337 e. The van der Waals surface area contributed by atoms with Crippen molar-refractivity contribution >= 4 is 40.9 Å². The molecule has 0 radical (unpaired) electrons. The Hall–Kier alpha value is -4.17. The van der Waals surface area contributed by atoms with Crippen LogP contribution in [0.5, 0.6) is 0 Å². The molecule has 3 aromatic carbocycles. The molecule has 7 nitrogen and oxygen atoms in total. The van der Waals surface area contributed by atoms with Gasteiger partial charge in [-0.1, -0.05) is 51.1 Å². The summed E-state index contributed by atoms with van der Waals surface area (Å²) >= 11 is 1.88. The van der Waals surface area contributed by atoms with Crippen LogP contribution >= 0.6 is 11.8 Å². The summed E-state index contributed by atoms with van der Waals surface area (Å²) in [5.74, 6) is 2.35. The zero-order valence-electron chi connectivity index (χ0n) is 23.9. The predicted molar refractivity (Wildman–Crippen MR) is 168 cm³/mol. The van der Waals surface area contributed by atoms with Crippen molar-refractivity contribution in [1.82, 2.24) is 14.9 Å². The van der Waals surface area contributed by atoms with Gasteiger partial charge in [0.25, 0.3) is 11.8 Å². The molecule has 0 bridgehead atoms. The summed E-state index contributed by atoms with van der Waals surface area (Å²) in [5.41, 5.74) is 6.27. The highest BCUT2D eigenvalue weighted by Gasteiger charge is 2.22. The smallest absolute Gasteiger partial charge is 0.255 e. The third-order valence-electron chi connectivity index (χ3n) is 7.18. The fraction of sp³-hybridized carbons (Fsp3) is 0.273. The van der Waals surface area contributed by atoms with Crippen LogP contribution in [0, 0.1) is 6.92 Å². The van der Waals surface area contributed by atoms with E-state index < -0.39 is 0 Å². The second-order valence-corrected chi connectivity index (χ2v) is 12.3. The van der Waals surface area contributed by atoms with Crippen LogP contribution in [-0.4, -0.2) is 51.3 Å². The van der Waals surface area contributed by atoms with E-state index in [1.807, 2.05) is 96.4 Å². The van der Waals surface area contributed by atoms with Crippen LogP contribution in [0.3, 0.4) is 0 Å². The highest BCUT2D eigenvalue weighted by Crippen LogP contribution is 2.30. The maximum Gasteiger partial charge on any atom is 0.255 e. The number of hydrogen-bond acceptors (Lipinski definition) is 6. The van der Waals surface area contributed by atoms with Crippen LogP contribution in [0.4, 0.5) is 17.3 Å². The van der Waals surface area contributed by atoms with Crippen molar-refractivity contribution in [2.45, 2.75) is 33.1 Å². The number of aromatic nitrogens is 2. The lowest BCUT2D eigenvalue weighted by atomic mass is 9.83. The van der Waals surface area contributed by atoms with Crippen LogP contribution < -0.4 is 10.6 Å². The zero-order valence-corrected chi connectivity index (χ0v) is 24.7. The van der Waals surface area contributed by atoms with Gasteiger partial charge in [-0.05, 0) is 65.9 Å². The van der Waals surface area contributed by atoms with Crippen LogP contribution in [0.25, 0.3) is 11.3 Å². The number of amides is 2. The first-order chi connectivity index (χ1) is 19.7. The Labute approximate surface area is 245 Å². The SMILES string of the molecule is Cc1c(NC(=O)c2ccccc2C(C)(C)C)cccc1-c1ccnc(Nc2ccc(C(=O)N3CCSCC3)cc2)n1. The molecule has 2 heterocycles. The van der Waals surface area contributed by atoms with Crippen LogP contribution in [-0.2, 0) is 5.41 Å². The summed E-state index contributed by atoms with van der Waals surface area (Å²) in [7, 11) is 0. The first-order valence-electron chi connectivity index (χ1n) is 13.8. The van der Waals surface area contributed by atoms with Gasteiger partial charge in [0, 0.05) is 58.9 Å². The molecule has 41 heavy (non-hydrogen) atoms. The second kappa shape index (κ2) is 12.1. The Balaban J connectivity index is 1.32. The molecule has 0 aliphatic carbocycles. The first kappa shape index (κ1) is 28.4. The average molecular weight is 566 g/mol. The average Bonchev–Trinajstić information content (AvgIpc) is 2.98. The second-order valence-electron chi connectivity index (χ2n) is 11.1. The van der Waals surface area contributed by atoms with Gasteiger partial charge in [0.2, 0.25) is 5.95 Å². The topological polar surface area (TPSA) is 87.2 Å². The molecule has 1 aliphatic heterocycles. The summed E-state index contributed by atoms with van der Waals surface area (Å²) in [6, 6.07) is 22.8. The van der Waals surface area contributed by atoms with Crippen molar-refractivity contribution in [1.29, 1.82) is 0 Å². The molecule has 0 saturated carbocycles. The molecule has 1 aromatic heterocycles. The van der Waals surface area contributed by atoms with Gasteiger partial charge in [-0.3, -0.25) is 9.59 Å². The number of carbonyl (C=O) groups excluding carboxylic acids is 2. The van der Waals surface area contributed by atoms with Gasteiger partial charge in [0.15, 0.2) is 0 Å². The third-order valence-corrected chi connectivity index (χ3v) is 8.12. The number of benzene rings is 3. The van der Waals surface area contributed by atoms with E-state index in [1.54, 1.807) is 6.20 Å². The number of anilines is 3. The summed E-state index contributed by atoms with van der Waals surface area (Å²) < 4.78 is 0. The van der Waals surface area contributed by atoms with Crippen LogP contribution in [0.15, 0.2) is 79.0 Å². The maximum atomic E-state index is 13.3. The Bertz CT molecular complexity index is 1560. The molecule has 2 N–H and O–H groups in total. The van der Waals surface area contributed by atoms with E-state index >= 15 is 0 Å². The highest BCUT2D eigenvalue weighted by atomic mass is 32.2. The Morgan fingerprint density at radius 3 is 2.37 bits per heavy atom. The fourth-order valence-corrected chi connectivity index (χ4v) is 5.82. The van der Waals surface area contributed by atoms with E-state index in [-0.39, 0.29) is 17.2 Å². The van der Waals surface area contributed by atoms with Crippen molar-refractivity contribution in [3.63, 3.8) is 0 Å². The van der Waals surface area contributed by atoms with Gasteiger partial charge in [-0.2, -0.15) is 11.8 Å². The van der Waals surface area contributed by atoms with Crippen molar-refractivity contribution in [3.05, 3.63) is 101 Å². The maximum absolute atomic E-state index is 13.3. The van der Waals surface area contributed by atoms with Crippen LogP contribution in [0.1, 0.15) is 52.6 Å². The number of thioether (sulfide) groups is 1. The standard InChI is InChI=1S/C33H35N5O2S/c1-22-25(9-7-11-28(22)36-30(39)26-8-5-6-10-27(26)33(2,3)4)29-16-17-34-32(37-29)35-24-14-12-23(13-15-24)31(40)38-18-20-41-21-19-38/h5-17H,18-21H2,1-4H3,(H,36,39)(H,34,35,37). The van der Waals surface area contributed by atoms with Crippen molar-refractivity contribution in [2.75, 3.05) is 35.2 Å². The summed E-state index contributed by atoms with van der Waals surface area (Å²) in [4.78, 5) is 37.2. The number of carbonyl (C=O) groups is 2. The quantitative estimate of drug-likeness (QED) is 0.264. The molecule has 0 atom stereocenters. The molecule has 1 aliphatic rings. The zero-order chi connectivity index (χ0) is 29.0. The molecule has 2 amide bonds. The number of rotatable bonds is 6. The molecule has 1 fully saturated rings. The van der Waals surface area contributed by atoms with E-state index in [9.17, 15) is 9.59 Å². The molecular formula is C33H35N5O2S. The van der Waals surface area contributed by atoms with Gasteiger partial charge in [-0.15, -0.1) is 0 Å². The molecule has 4 aromatic rings. The minimum atomic E-state index is -0.155. The van der Waals surface area contributed by atoms with E-state index in [0.29, 0.717) is 17.1 Å². The first-order valence-corrected chi connectivity index (χ1v) is 14.9. The molecule has 0 spiro atoms. The fourth-order valence-electron chi connectivity index (χ4n) is 4.92. The van der Waals surface area contributed by atoms with E-state index in [2.05, 4.69) is 36.4 Å². The summed E-state index contributed by atoms with van der Waals surface area (Å²) in [6.07, 6.45) is 1.71. The Kier molecular flexibility index (Phi) is 8.40. The molecule has 210 valence electrons. The van der Waals surface area contributed by atoms with Crippen molar-refractivity contribution in [3.8, 4) is 11.3 Å². The molecular weight excluding hydrogens is 530 g/mol. The largest absolute Gasteiger partial charge is 0.337 e. The van der Waals surface area contributed by atoms with Gasteiger partial charge in [0.05, 0.1) is 5.69 Å². The Morgan fingerprint density at radius 2 is 1.63 bits per heavy atom. The van der Waals surface area contributed by atoms with E-state index in [4.69, 9.17) is 4.98 Å². The minimum absolute atomic E-state index is 0.0689. The van der Waals surface area contributed by atoms with Gasteiger partial charge in [-0.25, -0.2) is 9.97 Å². The molecule has 1 saturated heterocycles. The van der Waals surface area contributed by atoms with Crippen molar-refractivity contribution < 1.29 is 9.59 Å². The lowest BCUT2D eigenvalue weighted by Gasteiger charge is -2.26. The van der Waals surface area contributed by atoms with Crippen LogP contribution in [0.2, 0.25) is 0 Å². The normalized spacial score (nSPS) is 13.5. The number of hydrogen-bond donors (Lipinski definition) is 2. The lowest BCUT2D eigenvalue weighted by Crippen LogP contribution is -2.37. The predicted octanol–water partition coefficient (Wildman–Crippen LogP) is 6.93. The third kappa shape index (κ3) is 6.60. The van der Waals surface area contributed by atoms with Gasteiger partial charge in [0.1, 0.15) is 0 Å². The van der Waals surface area contributed by atoms with E-state index in [0.717, 1.165) is 58.4 Å². The summed E-state index contributed by atoms with van der Waals surface area (Å²) in [6.45, 7) is 9.88. The Morgan fingerprint density at radius 1 is 0.902 bits per heavy atom. The number of nitrogens with zero attached hydrogens (tertiary/aromatic N) is 3. The van der Waals surface area contributed by atoms with Crippen molar-refractivity contribution in [2.24, 2.45) is 0 Å². The monoisotopic (exact) mass is 565 g/mol.